The lowest BCUT2D eigenvalue weighted by Gasteiger charge is -2.20. The van der Waals surface area contributed by atoms with Crippen molar-refractivity contribution in [2.75, 3.05) is 36.8 Å². The van der Waals surface area contributed by atoms with Crippen LogP contribution in [0.1, 0.15) is 31.2 Å². The molecule has 1 N–H and O–H groups in total. The number of hydrogen-bond acceptors (Lipinski definition) is 4. The molecule has 2 aliphatic heterocycles. The molecule has 1 aromatic rings. The lowest BCUT2D eigenvalue weighted by Crippen LogP contribution is -2.35. The molecule has 25 heavy (non-hydrogen) atoms. The van der Waals surface area contributed by atoms with Crippen LogP contribution in [0, 0.1) is 0 Å². The van der Waals surface area contributed by atoms with Crippen LogP contribution in [-0.2, 0) is 19.6 Å². The Labute approximate surface area is 148 Å². The third-order valence-electron chi connectivity index (χ3n) is 4.84. The van der Waals surface area contributed by atoms with Crippen molar-refractivity contribution >= 4 is 27.5 Å². The van der Waals surface area contributed by atoms with E-state index >= 15 is 0 Å². The maximum Gasteiger partial charge on any atom is 0.223 e. The molecule has 1 saturated heterocycles. The zero-order valence-electron chi connectivity index (χ0n) is 14.3. The van der Waals surface area contributed by atoms with E-state index in [9.17, 15) is 18.0 Å². The highest BCUT2D eigenvalue weighted by molar-refractivity contribution is 7.89. The van der Waals surface area contributed by atoms with E-state index in [0.717, 1.165) is 11.3 Å². The normalized spacial score (nSPS) is 22.4. The predicted molar refractivity (Wildman–Crippen MR) is 94.8 cm³/mol. The third-order valence-corrected chi connectivity index (χ3v) is 6.21. The summed E-state index contributed by atoms with van der Waals surface area (Å²) in [6.07, 6.45) is 1.00. The second kappa shape index (κ2) is 7.13. The van der Waals surface area contributed by atoms with Gasteiger partial charge in [-0.3, -0.25) is 9.59 Å². The largest absolute Gasteiger partial charge is 0.340 e. The van der Waals surface area contributed by atoms with Gasteiger partial charge in [-0.05, 0) is 18.1 Å². The number of benzene rings is 1. The summed E-state index contributed by atoms with van der Waals surface area (Å²) in [5.41, 5.74) is 2.03. The summed E-state index contributed by atoms with van der Waals surface area (Å²) in [6, 6.07) is 7.80. The van der Waals surface area contributed by atoms with Gasteiger partial charge in [-0.2, -0.15) is 0 Å². The van der Waals surface area contributed by atoms with Gasteiger partial charge in [0.15, 0.2) is 0 Å². The van der Waals surface area contributed by atoms with Gasteiger partial charge in [-0.25, -0.2) is 13.1 Å². The van der Waals surface area contributed by atoms with Crippen molar-refractivity contribution in [3.05, 3.63) is 29.8 Å². The molecular formula is C17H23N3O4S. The third kappa shape index (κ3) is 4.01. The second-order valence-corrected chi connectivity index (χ2v) is 8.44. The molecular weight excluding hydrogens is 342 g/mol. The van der Waals surface area contributed by atoms with Crippen LogP contribution in [0.15, 0.2) is 24.3 Å². The van der Waals surface area contributed by atoms with Crippen LogP contribution in [0.4, 0.5) is 5.69 Å². The van der Waals surface area contributed by atoms with Gasteiger partial charge < -0.3 is 9.80 Å². The van der Waals surface area contributed by atoms with Gasteiger partial charge in [-0.15, -0.1) is 0 Å². The number of sulfonamides is 1. The van der Waals surface area contributed by atoms with Crippen LogP contribution < -0.4 is 9.62 Å². The standard InChI is InChI=1S/C17H23N3O4S/c1-13(21)20-12-14(15-4-2-3-5-16(15)20)6-7-17(22)19-9-8-18-25(23,24)11-10-19/h2-5,14,18H,6-12H2,1H3. The van der Waals surface area contributed by atoms with Gasteiger partial charge in [-0.1, -0.05) is 18.2 Å². The molecule has 2 aliphatic rings. The van der Waals surface area contributed by atoms with E-state index in [2.05, 4.69) is 4.72 Å². The van der Waals surface area contributed by atoms with Gasteiger partial charge in [0.2, 0.25) is 21.8 Å². The number of carbonyl (C=O) groups is 2. The first-order valence-corrected chi connectivity index (χ1v) is 10.1. The van der Waals surface area contributed by atoms with E-state index in [4.69, 9.17) is 0 Å². The molecule has 0 aromatic heterocycles. The SMILES string of the molecule is CC(=O)N1CC(CCC(=O)N2CCNS(=O)(=O)CC2)c2ccccc21. The number of nitrogens with one attached hydrogen (secondary N) is 1. The summed E-state index contributed by atoms with van der Waals surface area (Å²) in [6.45, 7) is 3.04. The molecule has 0 aliphatic carbocycles. The molecule has 136 valence electrons. The van der Waals surface area contributed by atoms with Crippen LogP contribution in [0.3, 0.4) is 0 Å². The van der Waals surface area contributed by atoms with Gasteiger partial charge in [0.05, 0.1) is 5.75 Å². The van der Waals surface area contributed by atoms with Gasteiger partial charge in [0, 0.05) is 51.1 Å². The summed E-state index contributed by atoms with van der Waals surface area (Å²) >= 11 is 0. The molecule has 2 amide bonds. The fourth-order valence-electron chi connectivity index (χ4n) is 3.50. The Bertz CT molecular complexity index is 778. The summed E-state index contributed by atoms with van der Waals surface area (Å²) in [5.74, 6) is 0.0592. The molecule has 1 fully saturated rings. The fourth-order valence-corrected chi connectivity index (χ4v) is 4.50. The summed E-state index contributed by atoms with van der Waals surface area (Å²) < 4.78 is 25.6. The molecule has 1 aromatic carbocycles. The van der Waals surface area contributed by atoms with Crippen molar-refractivity contribution in [2.24, 2.45) is 0 Å². The monoisotopic (exact) mass is 365 g/mol. The average molecular weight is 365 g/mol. The maximum absolute atomic E-state index is 12.5. The molecule has 0 spiro atoms. The molecule has 3 rings (SSSR count). The number of carbonyl (C=O) groups excluding carboxylic acids is 2. The summed E-state index contributed by atoms with van der Waals surface area (Å²) in [5, 5.41) is 0. The highest BCUT2D eigenvalue weighted by atomic mass is 32.2. The minimum absolute atomic E-state index is 0.00470. The minimum Gasteiger partial charge on any atom is -0.340 e. The summed E-state index contributed by atoms with van der Waals surface area (Å²) in [4.78, 5) is 27.7. The van der Waals surface area contributed by atoms with E-state index in [1.807, 2.05) is 24.3 Å². The topological polar surface area (TPSA) is 86.8 Å². The Hall–Kier alpha value is -1.93. The van der Waals surface area contributed by atoms with Crippen LogP contribution in [-0.4, -0.2) is 57.1 Å². The zero-order valence-corrected chi connectivity index (χ0v) is 15.1. The predicted octanol–water partition coefficient (Wildman–Crippen LogP) is 0.679. The average Bonchev–Trinajstić information content (AvgIpc) is 2.84. The van der Waals surface area contributed by atoms with Gasteiger partial charge >= 0.3 is 0 Å². The Balaban J connectivity index is 1.62. The maximum atomic E-state index is 12.5. The first-order chi connectivity index (χ1) is 11.9. The molecule has 0 bridgehead atoms. The van der Waals surface area contributed by atoms with Crippen LogP contribution in [0.25, 0.3) is 0 Å². The van der Waals surface area contributed by atoms with Crippen molar-refractivity contribution in [1.82, 2.24) is 9.62 Å². The number of hydrogen-bond donors (Lipinski definition) is 1. The van der Waals surface area contributed by atoms with Crippen LogP contribution in [0.5, 0.6) is 0 Å². The minimum atomic E-state index is -3.26. The van der Waals surface area contributed by atoms with Crippen molar-refractivity contribution in [3.8, 4) is 0 Å². The Morgan fingerprint density at radius 2 is 2.00 bits per heavy atom. The van der Waals surface area contributed by atoms with Crippen molar-refractivity contribution in [2.45, 2.75) is 25.7 Å². The molecule has 8 heteroatoms. The number of fused-ring (bicyclic) bond motifs is 1. The molecule has 2 heterocycles. The molecule has 1 atom stereocenters. The van der Waals surface area contributed by atoms with Crippen molar-refractivity contribution in [3.63, 3.8) is 0 Å². The first-order valence-electron chi connectivity index (χ1n) is 8.49. The summed E-state index contributed by atoms with van der Waals surface area (Å²) in [7, 11) is -3.26. The lowest BCUT2D eigenvalue weighted by molar-refractivity contribution is -0.131. The van der Waals surface area contributed by atoms with Crippen molar-refractivity contribution < 1.29 is 18.0 Å². The number of para-hydroxylation sites is 1. The molecule has 1 unspecified atom stereocenters. The van der Waals surface area contributed by atoms with E-state index in [-0.39, 0.29) is 36.6 Å². The quantitative estimate of drug-likeness (QED) is 0.853. The van der Waals surface area contributed by atoms with Gasteiger partial charge in [0.1, 0.15) is 0 Å². The van der Waals surface area contributed by atoms with Gasteiger partial charge in [0.25, 0.3) is 0 Å². The molecule has 0 saturated carbocycles. The Kier molecular flexibility index (Phi) is 5.10. The van der Waals surface area contributed by atoms with E-state index < -0.39 is 10.0 Å². The smallest absolute Gasteiger partial charge is 0.223 e. The molecule has 0 radical (unpaired) electrons. The first kappa shape index (κ1) is 17.9. The highest BCUT2D eigenvalue weighted by Crippen LogP contribution is 2.38. The van der Waals surface area contributed by atoms with Crippen LogP contribution in [0.2, 0.25) is 0 Å². The van der Waals surface area contributed by atoms with E-state index in [0.29, 0.717) is 25.9 Å². The number of anilines is 1. The van der Waals surface area contributed by atoms with Crippen LogP contribution >= 0.6 is 0 Å². The number of amides is 2. The lowest BCUT2D eigenvalue weighted by atomic mass is 9.96. The van der Waals surface area contributed by atoms with Crippen molar-refractivity contribution in [1.29, 1.82) is 0 Å². The highest BCUT2D eigenvalue weighted by Gasteiger charge is 2.31. The Morgan fingerprint density at radius 3 is 2.76 bits per heavy atom. The Morgan fingerprint density at radius 1 is 1.24 bits per heavy atom. The van der Waals surface area contributed by atoms with E-state index in [1.54, 1.807) is 16.7 Å². The number of rotatable bonds is 3. The zero-order chi connectivity index (χ0) is 18.0. The van der Waals surface area contributed by atoms with E-state index in [1.165, 1.54) is 0 Å². The second-order valence-electron chi connectivity index (χ2n) is 6.52. The number of nitrogens with zero attached hydrogens (tertiary/aromatic N) is 2. The molecule has 7 nitrogen and oxygen atoms in total. The fraction of sp³-hybridized carbons (Fsp3) is 0.529.